The van der Waals surface area contributed by atoms with Gasteiger partial charge in [-0.2, -0.15) is 31.3 Å². The first-order chi connectivity index (χ1) is 9.98. The van der Waals surface area contributed by atoms with Crippen molar-refractivity contribution >= 4 is 5.69 Å². The zero-order chi connectivity index (χ0) is 16.7. The number of nitrogens with zero attached hydrogens (tertiary/aromatic N) is 3. The normalized spacial score (nSPS) is 12.7. The van der Waals surface area contributed by atoms with Crippen LogP contribution in [0.5, 0.6) is 0 Å². The fourth-order valence-electron chi connectivity index (χ4n) is 1.81. The summed E-state index contributed by atoms with van der Waals surface area (Å²) in [7, 11) is 0. The summed E-state index contributed by atoms with van der Waals surface area (Å²) in [6.45, 7) is 1.11. The highest BCUT2D eigenvalue weighted by Crippen LogP contribution is 2.33. The molecule has 1 aromatic heterocycles. The molecule has 0 atom stereocenters. The minimum absolute atomic E-state index is 0.155. The second-order valence-electron chi connectivity index (χ2n) is 4.61. The molecule has 0 spiro atoms. The van der Waals surface area contributed by atoms with Crippen LogP contribution >= 0.6 is 0 Å². The van der Waals surface area contributed by atoms with Crippen molar-refractivity contribution < 1.29 is 26.3 Å². The van der Waals surface area contributed by atoms with Gasteiger partial charge in [-0.15, -0.1) is 5.10 Å². The fourth-order valence-corrected chi connectivity index (χ4v) is 1.81. The van der Waals surface area contributed by atoms with Crippen LogP contribution in [0.25, 0.3) is 0 Å². The molecule has 0 amide bonds. The lowest BCUT2D eigenvalue weighted by Crippen LogP contribution is -2.17. The van der Waals surface area contributed by atoms with E-state index in [2.05, 4.69) is 10.1 Å². The number of hydrogen-bond donors (Lipinski definition) is 1. The summed E-state index contributed by atoms with van der Waals surface area (Å²) < 4.78 is 76.2. The number of aryl methyl sites for hydroxylation is 1. The molecule has 0 radical (unpaired) electrons. The Morgan fingerprint density at radius 3 is 2.27 bits per heavy atom. The van der Waals surface area contributed by atoms with Gasteiger partial charge in [-0.05, 0) is 18.6 Å². The van der Waals surface area contributed by atoms with Crippen molar-refractivity contribution in [1.82, 2.24) is 14.8 Å². The average molecular weight is 324 g/mol. The molecule has 22 heavy (non-hydrogen) atoms. The van der Waals surface area contributed by atoms with Crippen molar-refractivity contribution in [2.75, 3.05) is 5.73 Å². The summed E-state index contributed by atoms with van der Waals surface area (Å²) >= 11 is 0. The van der Waals surface area contributed by atoms with Crippen LogP contribution in [-0.4, -0.2) is 14.8 Å². The summed E-state index contributed by atoms with van der Waals surface area (Å²) in [6.07, 6.45) is -10.1. The first kappa shape index (κ1) is 16.1. The second kappa shape index (κ2) is 5.18. The number of alkyl halides is 6. The number of aromatic nitrogens is 3. The minimum atomic E-state index is -5.07. The highest BCUT2D eigenvalue weighted by atomic mass is 19.4. The number of nitrogens with two attached hydrogens (primary N) is 1. The SMILES string of the molecule is Cc1ccc(N)c(Cn2nc(C(F)(F)F)nc2C(F)(F)F)c1. The Labute approximate surface area is 120 Å². The van der Waals surface area contributed by atoms with E-state index in [4.69, 9.17) is 5.73 Å². The van der Waals surface area contributed by atoms with Gasteiger partial charge in [0.25, 0.3) is 5.82 Å². The maximum Gasteiger partial charge on any atom is 0.453 e. The van der Waals surface area contributed by atoms with E-state index < -0.39 is 30.5 Å². The van der Waals surface area contributed by atoms with Gasteiger partial charge in [0.05, 0.1) is 6.54 Å². The Morgan fingerprint density at radius 1 is 1.09 bits per heavy atom. The number of rotatable bonds is 2. The fraction of sp³-hybridized carbons (Fsp3) is 0.333. The standard InChI is InChI=1S/C12H10F6N4/c1-6-2-3-8(19)7(4-6)5-22-10(12(16,17)18)20-9(21-22)11(13,14)15/h2-4H,5,19H2,1H3. The van der Waals surface area contributed by atoms with E-state index in [1.54, 1.807) is 13.0 Å². The van der Waals surface area contributed by atoms with Gasteiger partial charge in [0, 0.05) is 5.69 Å². The molecule has 2 N–H and O–H groups in total. The summed E-state index contributed by atoms with van der Waals surface area (Å²) in [5.74, 6) is -3.56. The van der Waals surface area contributed by atoms with Crippen LogP contribution in [0.1, 0.15) is 22.8 Å². The van der Waals surface area contributed by atoms with E-state index in [-0.39, 0.29) is 15.9 Å². The zero-order valence-electron chi connectivity index (χ0n) is 11.1. The van der Waals surface area contributed by atoms with Crippen molar-refractivity contribution in [3.05, 3.63) is 41.0 Å². The average Bonchev–Trinajstić information content (AvgIpc) is 2.77. The number of halogens is 6. The van der Waals surface area contributed by atoms with E-state index in [9.17, 15) is 26.3 Å². The number of benzene rings is 1. The predicted molar refractivity (Wildman–Crippen MR) is 64.7 cm³/mol. The summed E-state index contributed by atoms with van der Waals surface area (Å²) in [6, 6.07) is 4.57. The largest absolute Gasteiger partial charge is 0.453 e. The maximum absolute atomic E-state index is 12.8. The van der Waals surface area contributed by atoms with Crippen LogP contribution in [0.15, 0.2) is 18.2 Å². The van der Waals surface area contributed by atoms with E-state index in [1.165, 1.54) is 12.1 Å². The van der Waals surface area contributed by atoms with E-state index in [1.807, 2.05) is 0 Å². The smallest absolute Gasteiger partial charge is 0.398 e. The maximum atomic E-state index is 12.8. The third kappa shape index (κ3) is 3.31. The summed E-state index contributed by atoms with van der Waals surface area (Å²) in [4.78, 5) is 2.56. The van der Waals surface area contributed by atoms with Crippen LogP contribution in [0.4, 0.5) is 32.0 Å². The van der Waals surface area contributed by atoms with Gasteiger partial charge in [0.1, 0.15) is 0 Å². The van der Waals surface area contributed by atoms with Crippen molar-refractivity contribution in [2.24, 2.45) is 0 Å². The first-order valence-electron chi connectivity index (χ1n) is 5.92. The molecule has 4 nitrogen and oxygen atoms in total. The van der Waals surface area contributed by atoms with Crippen LogP contribution in [0, 0.1) is 6.92 Å². The van der Waals surface area contributed by atoms with Crippen molar-refractivity contribution in [3.63, 3.8) is 0 Å². The molecular formula is C12H10F6N4. The molecule has 2 aromatic rings. The molecule has 10 heteroatoms. The molecule has 0 aliphatic heterocycles. The zero-order valence-corrected chi connectivity index (χ0v) is 11.1. The number of hydrogen-bond acceptors (Lipinski definition) is 3. The van der Waals surface area contributed by atoms with Crippen LogP contribution in [-0.2, 0) is 18.9 Å². The van der Waals surface area contributed by atoms with Gasteiger partial charge in [-0.1, -0.05) is 17.7 Å². The van der Waals surface area contributed by atoms with Gasteiger partial charge < -0.3 is 5.73 Å². The summed E-state index contributed by atoms with van der Waals surface area (Å²) in [5.41, 5.74) is 6.71. The van der Waals surface area contributed by atoms with Crippen molar-refractivity contribution in [3.8, 4) is 0 Å². The molecule has 0 bridgehead atoms. The third-order valence-electron chi connectivity index (χ3n) is 2.80. The highest BCUT2D eigenvalue weighted by molar-refractivity contribution is 5.48. The molecule has 2 rings (SSSR count). The Kier molecular flexibility index (Phi) is 3.80. The van der Waals surface area contributed by atoms with E-state index in [0.717, 1.165) is 0 Å². The molecule has 0 saturated heterocycles. The molecule has 120 valence electrons. The Bertz CT molecular complexity index is 686. The van der Waals surface area contributed by atoms with Crippen molar-refractivity contribution in [2.45, 2.75) is 25.8 Å². The quantitative estimate of drug-likeness (QED) is 0.681. The van der Waals surface area contributed by atoms with E-state index in [0.29, 0.717) is 5.56 Å². The lowest BCUT2D eigenvalue weighted by atomic mass is 10.1. The lowest BCUT2D eigenvalue weighted by Gasteiger charge is -2.10. The minimum Gasteiger partial charge on any atom is -0.398 e. The Hall–Kier alpha value is -2.26. The molecule has 0 aliphatic carbocycles. The van der Waals surface area contributed by atoms with Gasteiger partial charge >= 0.3 is 12.4 Å². The number of nitrogen functional groups attached to an aromatic ring is 1. The monoisotopic (exact) mass is 324 g/mol. The van der Waals surface area contributed by atoms with Crippen LogP contribution in [0.2, 0.25) is 0 Å². The van der Waals surface area contributed by atoms with Crippen LogP contribution in [0.3, 0.4) is 0 Å². The van der Waals surface area contributed by atoms with Gasteiger partial charge in [0.2, 0.25) is 5.82 Å². The third-order valence-corrected chi connectivity index (χ3v) is 2.80. The van der Waals surface area contributed by atoms with Crippen LogP contribution < -0.4 is 5.73 Å². The highest BCUT2D eigenvalue weighted by Gasteiger charge is 2.44. The summed E-state index contributed by atoms with van der Waals surface area (Å²) in [5, 5.41) is 2.92. The van der Waals surface area contributed by atoms with Crippen molar-refractivity contribution in [1.29, 1.82) is 0 Å². The van der Waals surface area contributed by atoms with Gasteiger partial charge in [0.15, 0.2) is 0 Å². The molecule has 0 aliphatic rings. The van der Waals surface area contributed by atoms with E-state index >= 15 is 0 Å². The Balaban J connectivity index is 2.50. The molecular weight excluding hydrogens is 314 g/mol. The predicted octanol–water partition coefficient (Wildman–Crippen LogP) is 3.25. The molecule has 1 heterocycles. The topological polar surface area (TPSA) is 56.7 Å². The molecule has 0 saturated carbocycles. The molecule has 1 aromatic carbocycles. The molecule has 0 unspecified atom stereocenters. The molecule has 0 fully saturated rings. The number of anilines is 1. The lowest BCUT2D eigenvalue weighted by molar-refractivity contribution is -0.150. The van der Waals surface area contributed by atoms with Gasteiger partial charge in [-0.3, -0.25) is 0 Å². The first-order valence-corrected chi connectivity index (χ1v) is 5.92. The van der Waals surface area contributed by atoms with Gasteiger partial charge in [-0.25, -0.2) is 4.68 Å². The Morgan fingerprint density at radius 2 is 1.73 bits per heavy atom. The second-order valence-corrected chi connectivity index (χ2v) is 4.61.